The summed E-state index contributed by atoms with van der Waals surface area (Å²) >= 11 is 6.36. The maximum atomic E-state index is 6.36. The first-order valence-electron chi connectivity index (χ1n) is 9.19. The van der Waals surface area contributed by atoms with Crippen molar-refractivity contribution in [2.75, 3.05) is 13.7 Å². The normalized spacial score (nSPS) is 10.9. The van der Waals surface area contributed by atoms with Crippen molar-refractivity contribution in [3.05, 3.63) is 89.2 Å². The molecule has 0 aliphatic heterocycles. The number of aromatic nitrogens is 2. The number of rotatable bonds is 7. The van der Waals surface area contributed by atoms with Gasteiger partial charge in [-0.1, -0.05) is 41.9 Å². The predicted molar refractivity (Wildman–Crippen MR) is 112 cm³/mol. The van der Waals surface area contributed by atoms with Crippen LogP contribution in [0, 0.1) is 0 Å². The molecule has 0 aliphatic carbocycles. The Labute approximate surface area is 169 Å². The smallest absolute Gasteiger partial charge is 0.119 e. The molecular weight excluding hydrogens is 372 g/mol. The van der Waals surface area contributed by atoms with E-state index in [0.717, 1.165) is 38.9 Å². The summed E-state index contributed by atoms with van der Waals surface area (Å²) in [6, 6.07) is 23.7. The molecule has 0 unspecified atom stereocenters. The lowest BCUT2D eigenvalue weighted by atomic mass is 10.1. The van der Waals surface area contributed by atoms with Gasteiger partial charge in [-0.2, -0.15) is 0 Å². The van der Waals surface area contributed by atoms with Crippen molar-refractivity contribution in [1.82, 2.24) is 9.55 Å². The zero-order valence-corrected chi connectivity index (χ0v) is 16.4. The molecule has 0 N–H and O–H groups in total. The van der Waals surface area contributed by atoms with Crippen molar-refractivity contribution < 1.29 is 9.47 Å². The predicted octanol–water partition coefficient (Wildman–Crippen LogP) is 5.37. The number of nitrogens with zero attached hydrogens (tertiary/aromatic N) is 2. The maximum absolute atomic E-state index is 6.36. The minimum Gasteiger partial charge on any atom is -0.497 e. The second-order valence-corrected chi connectivity index (χ2v) is 6.87. The van der Waals surface area contributed by atoms with Gasteiger partial charge in [-0.05, 0) is 48.0 Å². The number of hydrogen-bond donors (Lipinski definition) is 0. The lowest BCUT2D eigenvalue weighted by molar-refractivity contribution is 0.298. The largest absolute Gasteiger partial charge is 0.497 e. The standard InChI is InChI=1S/C23H21ClN2O2/c1-27-18-10-12-19(13-11-18)28-15-14-26-22-9-5-4-8-21(22)25-23(26)16-17-6-2-3-7-20(17)24/h2-13H,14-16H2,1H3. The molecule has 0 bridgehead atoms. The van der Waals surface area contributed by atoms with Crippen LogP contribution in [0.5, 0.6) is 11.5 Å². The van der Waals surface area contributed by atoms with Gasteiger partial charge in [0.2, 0.25) is 0 Å². The number of imidazole rings is 1. The highest BCUT2D eigenvalue weighted by atomic mass is 35.5. The summed E-state index contributed by atoms with van der Waals surface area (Å²) < 4.78 is 13.3. The van der Waals surface area contributed by atoms with Crippen molar-refractivity contribution in [3.63, 3.8) is 0 Å². The first kappa shape index (κ1) is 18.4. The molecule has 0 amide bonds. The van der Waals surface area contributed by atoms with Gasteiger partial charge >= 0.3 is 0 Å². The van der Waals surface area contributed by atoms with Gasteiger partial charge in [-0.3, -0.25) is 0 Å². The fourth-order valence-electron chi connectivity index (χ4n) is 3.25. The fourth-order valence-corrected chi connectivity index (χ4v) is 3.45. The molecule has 0 saturated carbocycles. The van der Waals surface area contributed by atoms with Crippen molar-refractivity contribution in [2.24, 2.45) is 0 Å². The number of halogens is 1. The Morgan fingerprint density at radius 3 is 2.39 bits per heavy atom. The summed E-state index contributed by atoms with van der Waals surface area (Å²) in [5.41, 5.74) is 3.15. The van der Waals surface area contributed by atoms with Crippen molar-refractivity contribution in [1.29, 1.82) is 0 Å². The van der Waals surface area contributed by atoms with Crippen LogP contribution in [0.1, 0.15) is 11.4 Å². The highest BCUT2D eigenvalue weighted by Gasteiger charge is 2.12. The van der Waals surface area contributed by atoms with E-state index in [2.05, 4.69) is 10.6 Å². The van der Waals surface area contributed by atoms with Crippen LogP contribution in [0.3, 0.4) is 0 Å². The molecule has 28 heavy (non-hydrogen) atoms. The Kier molecular flexibility index (Phi) is 5.49. The van der Waals surface area contributed by atoms with Gasteiger partial charge in [0.1, 0.15) is 23.9 Å². The molecule has 4 rings (SSSR count). The van der Waals surface area contributed by atoms with E-state index in [0.29, 0.717) is 19.6 Å². The molecule has 142 valence electrons. The summed E-state index contributed by atoms with van der Waals surface area (Å²) in [5.74, 6) is 2.61. The van der Waals surface area contributed by atoms with E-state index in [1.165, 1.54) is 0 Å². The van der Waals surface area contributed by atoms with Gasteiger partial charge in [0.25, 0.3) is 0 Å². The first-order chi connectivity index (χ1) is 13.7. The van der Waals surface area contributed by atoms with Crippen LogP contribution in [0.25, 0.3) is 11.0 Å². The molecule has 1 heterocycles. The van der Waals surface area contributed by atoms with E-state index >= 15 is 0 Å². The minimum atomic E-state index is 0.544. The highest BCUT2D eigenvalue weighted by molar-refractivity contribution is 6.31. The number of fused-ring (bicyclic) bond motifs is 1. The molecule has 3 aromatic carbocycles. The van der Waals surface area contributed by atoms with Gasteiger partial charge in [-0.25, -0.2) is 4.98 Å². The van der Waals surface area contributed by atoms with E-state index in [1.54, 1.807) is 7.11 Å². The molecule has 0 fully saturated rings. The van der Waals surface area contributed by atoms with Gasteiger partial charge in [0.15, 0.2) is 0 Å². The SMILES string of the molecule is COc1ccc(OCCn2c(Cc3ccccc3Cl)nc3ccccc32)cc1. The minimum absolute atomic E-state index is 0.544. The van der Waals surface area contributed by atoms with Gasteiger partial charge in [-0.15, -0.1) is 0 Å². The number of benzene rings is 3. The Balaban J connectivity index is 1.55. The number of hydrogen-bond acceptors (Lipinski definition) is 3. The third-order valence-electron chi connectivity index (χ3n) is 4.68. The molecule has 0 aliphatic rings. The Hall–Kier alpha value is -2.98. The molecule has 0 atom stereocenters. The third-order valence-corrected chi connectivity index (χ3v) is 5.05. The van der Waals surface area contributed by atoms with E-state index in [4.69, 9.17) is 26.1 Å². The van der Waals surface area contributed by atoms with Gasteiger partial charge in [0.05, 0.1) is 24.7 Å². The Bertz CT molecular complexity index is 1070. The summed E-state index contributed by atoms with van der Waals surface area (Å²) in [6.45, 7) is 1.24. The molecule has 0 spiro atoms. The van der Waals surface area contributed by atoms with Crippen molar-refractivity contribution in [2.45, 2.75) is 13.0 Å². The molecule has 0 radical (unpaired) electrons. The zero-order chi connectivity index (χ0) is 19.3. The van der Waals surface area contributed by atoms with Crippen molar-refractivity contribution in [3.8, 4) is 11.5 Å². The van der Waals surface area contributed by atoms with Crippen molar-refractivity contribution >= 4 is 22.6 Å². The summed E-state index contributed by atoms with van der Waals surface area (Å²) in [5, 5.41) is 0.760. The topological polar surface area (TPSA) is 36.3 Å². The molecular formula is C23H21ClN2O2. The second-order valence-electron chi connectivity index (χ2n) is 6.46. The van der Waals surface area contributed by atoms with Crippen LogP contribution < -0.4 is 9.47 Å². The molecule has 0 saturated heterocycles. The number of methoxy groups -OCH3 is 1. The monoisotopic (exact) mass is 392 g/mol. The molecule has 4 nitrogen and oxygen atoms in total. The quantitative estimate of drug-likeness (QED) is 0.424. The average molecular weight is 393 g/mol. The lowest BCUT2D eigenvalue weighted by Crippen LogP contribution is -2.11. The van der Waals surface area contributed by atoms with Crippen LogP contribution in [-0.4, -0.2) is 23.3 Å². The Morgan fingerprint density at radius 1 is 0.893 bits per heavy atom. The van der Waals surface area contributed by atoms with Crippen LogP contribution in [0.4, 0.5) is 0 Å². The summed E-state index contributed by atoms with van der Waals surface area (Å²) in [6.07, 6.45) is 0.677. The maximum Gasteiger partial charge on any atom is 0.119 e. The van der Waals surface area contributed by atoms with Gasteiger partial charge < -0.3 is 14.0 Å². The average Bonchev–Trinajstić information content (AvgIpc) is 3.07. The fraction of sp³-hybridized carbons (Fsp3) is 0.174. The zero-order valence-electron chi connectivity index (χ0n) is 15.6. The third kappa shape index (κ3) is 3.97. The van der Waals surface area contributed by atoms with E-state index in [-0.39, 0.29) is 0 Å². The Morgan fingerprint density at radius 2 is 1.61 bits per heavy atom. The van der Waals surface area contributed by atoms with E-state index in [9.17, 15) is 0 Å². The van der Waals surface area contributed by atoms with Crippen LogP contribution in [-0.2, 0) is 13.0 Å². The van der Waals surface area contributed by atoms with Crippen LogP contribution in [0.2, 0.25) is 5.02 Å². The second kappa shape index (κ2) is 8.36. The number of ether oxygens (including phenoxy) is 2. The first-order valence-corrected chi connectivity index (χ1v) is 9.57. The summed E-state index contributed by atoms with van der Waals surface area (Å²) in [7, 11) is 1.65. The highest BCUT2D eigenvalue weighted by Crippen LogP contribution is 2.23. The molecule has 5 heteroatoms. The summed E-state index contributed by atoms with van der Waals surface area (Å²) in [4.78, 5) is 4.83. The molecule has 4 aromatic rings. The van der Waals surface area contributed by atoms with Crippen LogP contribution in [0.15, 0.2) is 72.8 Å². The van der Waals surface area contributed by atoms with E-state index < -0.39 is 0 Å². The van der Waals surface area contributed by atoms with E-state index in [1.807, 2.05) is 66.7 Å². The van der Waals surface area contributed by atoms with Crippen LogP contribution >= 0.6 is 11.6 Å². The van der Waals surface area contributed by atoms with Gasteiger partial charge in [0, 0.05) is 11.4 Å². The number of para-hydroxylation sites is 2. The molecule has 1 aromatic heterocycles. The lowest BCUT2D eigenvalue weighted by Gasteiger charge is -2.12.